The van der Waals surface area contributed by atoms with Crippen LogP contribution in [0, 0.1) is 46.3 Å². The lowest BCUT2D eigenvalue weighted by Crippen LogP contribution is -2.60. The van der Waals surface area contributed by atoms with Crippen LogP contribution < -0.4 is 5.32 Å². The van der Waals surface area contributed by atoms with Gasteiger partial charge in [0.25, 0.3) is 10.1 Å². The van der Waals surface area contributed by atoms with Crippen molar-refractivity contribution in [2.24, 2.45) is 56.6 Å². The molecule has 0 unspecified atom stereocenters. The Bertz CT molecular complexity index is 1220. The molecule has 13 heteroatoms. The maximum Gasteiger partial charge on any atom is 0.397 e. The van der Waals surface area contributed by atoms with Crippen molar-refractivity contribution in [3.05, 3.63) is 0 Å². The van der Waals surface area contributed by atoms with Gasteiger partial charge in [-0.05, 0) is 91.8 Å². The first kappa shape index (κ1) is 29.3. The predicted octanol–water partition coefficient (Wildman–Crippen LogP) is 4.03. The summed E-state index contributed by atoms with van der Waals surface area (Å²) in [6.45, 7) is 6.93. The van der Waals surface area contributed by atoms with Gasteiger partial charge in [-0.15, -0.1) is 0 Å². The molecule has 39 heavy (non-hydrogen) atoms. The molecular formula is C26H43N3O8S2. The van der Waals surface area contributed by atoms with Crippen LogP contribution in [0.2, 0.25) is 0 Å². The van der Waals surface area contributed by atoms with E-state index in [1.54, 1.807) is 0 Å². The van der Waals surface area contributed by atoms with Gasteiger partial charge in [-0.3, -0.25) is 13.9 Å². The molecule has 0 saturated heterocycles. The van der Waals surface area contributed by atoms with Crippen molar-refractivity contribution in [2.45, 2.75) is 96.7 Å². The quantitative estimate of drug-likeness (QED) is 0.338. The molecular weight excluding hydrogens is 546 g/mol. The highest BCUT2D eigenvalue weighted by molar-refractivity contribution is 7.85. The normalized spacial score (nSPS) is 41.4. The molecule has 4 fully saturated rings. The number of nitrogens with one attached hydrogen (secondary N) is 1. The van der Waals surface area contributed by atoms with Gasteiger partial charge in [-0.2, -0.15) is 27.1 Å². The Kier molecular flexibility index (Phi) is 7.52. The zero-order valence-electron chi connectivity index (χ0n) is 23.1. The van der Waals surface area contributed by atoms with Crippen LogP contribution in [-0.4, -0.2) is 55.9 Å². The fraction of sp³-hybridized carbons (Fsp3) is 0.962. The molecule has 4 saturated carbocycles. The molecule has 1 heterocycles. The van der Waals surface area contributed by atoms with Crippen LogP contribution >= 0.6 is 0 Å². The van der Waals surface area contributed by atoms with E-state index >= 15 is 0 Å². The molecule has 0 aromatic carbocycles. The first-order chi connectivity index (χ1) is 18.1. The summed E-state index contributed by atoms with van der Waals surface area (Å²) in [7, 11) is -8.57. The zero-order valence-corrected chi connectivity index (χ0v) is 24.7. The number of amides is 1. The molecule has 0 aromatic rings. The van der Waals surface area contributed by atoms with E-state index < -0.39 is 32.4 Å². The Labute approximate surface area is 232 Å². The van der Waals surface area contributed by atoms with Crippen molar-refractivity contribution < 1.29 is 34.9 Å². The van der Waals surface area contributed by atoms with Crippen LogP contribution in [0.25, 0.3) is 0 Å². The van der Waals surface area contributed by atoms with Crippen LogP contribution in [0.4, 0.5) is 0 Å². The molecule has 0 aromatic heterocycles. The lowest BCUT2D eigenvalue weighted by molar-refractivity contribution is -0.144. The first-order valence-electron chi connectivity index (χ1n) is 14.4. The average Bonchev–Trinajstić information content (AvgIpc) is 3.49. The second-order valence-electron chi connectivity index (χ2n) is 13.5. The van der Waals surface area contributed by atoms with E-state index in [9.17, 15) is 26.2 Å². The third kappa shape index (κ3) is 5.67. The SMILES string of the molecule is C[C@H](CCC(=O)NCCS(=O)(=O)O)[C@H]1CC[C@H]2[C@H]3[C@H](CC[C@]12C)[C@@]1(C)CC[C@@H](OS(=O)(=O)O)C[C@H]1CC31N=N1. The van der Waals surface area contributed by atoms with Crippen LogP contribution in [0.5, 0.6) is 0 Å². The van der Waals surface area contributed by atoms with Crippen molar-refractivity contribution in [3.8, 4) is 0 Å². The second-order valence-corrected chi connectivity index (χ2v) is 16.1. The number of carbonyl (C=O) groups is 1. The van der Waals surface area contributed by atoms with Gasteiger partial charge >= 0.3 is 10.4 Å². The predicted molar refractivity (Wildman–Crippen MR) is 142 cm³/mol. The lowest BCUT2D eigenvalue weighted by Gasteiger charge is -2.62. The molecule has 0 radical (unpaired) electrons. The highest BCUT2D eigenvalue weighted by Crippen LogP contribution is 2.73. The number of carbonyl (C=O) groups excluding carboxylic acids is 1. The number of rotatable bonds is 9. The standard InChI is InChI=1S/C26H43N3O8S2/c1-16(4-7-22(30)27-12-13-38(31,32)33)19-5-6-20-23-21(9-11-25(19,20)3)24(2)10-8-18(37-39(34,35)36)14-17(24)15-26(23)28-29-26/h16-21,23H,4-15H2,1-3H3,(H,27,30)(H,31,32,33)(H,34,35,36)/t16-,17+,18-,19-,20+,21+,23+,24+,25-/m1/s1. The molecule has 1 spiro atoms. The van der Waals surface area contributed by atoms with Crippen molar-refractivity contribution >= 4 is 26.4 Å². The third-order valence-electron chi connectivity index (χ3n) is 11.6. The molecule has 5 rings (SSSR count). The Morgan fingerprint density at radius 1 is 1.03 bits per heavy atom. The van der Waals surface area contributed by atoms with Crippen molar-refractivity contribution in [2.75, 3.05) is 12.3 Å². The van der Waals surface area contributed by atoms with Crippen LogP contribution in [0.3, 0.4) is 0 Å². The molecule has 222 valence electrons. The molecule has 1 aliphatic heterocycles. The monoisotopic (exact) mass is 589 g/mol. The van der Waals surface area contributed by atoms with E-state index in [1.807, 2.05) is 0 Å². The second kappa shape index (κ2) is 9.99. The van der Waals surface area contributed by atoms with E-state index in [2.05, 4.69) is 36.3 Å². The van der Waals surface area contributed by atoms with Crippen molar-refractivity contribution in [3.63, 3.8) is 0 Å². The van der Waals surface area contributed by atoms with Crippen LogP contribution in [0.1, 0.15) is 85.0 Å². The van der Waals surface area contributed by atoms with E-state index in [0.29, 0.717) is 48.9 Å². The van der Waals surface area contributed by atoms with Crippen molar-refractivity contribution in [1.82, 2.24) is 5.32 Å². The molecule has 4 aliphatic carbocycles. The molecule has 3 N–H and O–H groups in total. The summed E-state index contributed by atoms with van der Waals surface area (Å²) >= 11 is 0. The third-order valence-corrected chi connectivity index (χ3v) is 12.8. The van der Waals surface area contributed by atoms with E-state index in [-0.39, 0.29) is 34.9 Å². The van der Waals surface area contributed by atoms with Crippen molar-refractivity contribution in [1.29, 1.82) is 0 Å². The van der Waals surface area contributed by atoms with Gasteiger partial charge in [-0.1, -0.05) is 20.8 Å². The topological polar surface area (TPSA) is 172 Å². The highest BCUT2D eigenvalue weighted by Gasteiger charge is 2.70. The van der Waals surface area contributed by atoms with Gasteiger partial charge in [0.2, 0.25) is 5.91 Å². The first-order valence-corrected chi connectivity index (χ1v) is 17.4. The number of hydrogen-bond donors (Lipinski definition) is 3. The minimum atomic E-state index is -4.48. The summed E-state index contributed by atoms with van der Waals surface area (Å²) in [6.07, 6.45) is 7.87. The summed E-state index contributed by atoms with van der Waals surface area (Å²) in [5.41, 5.74) is -0.183. The molecule has 0 bridgehead atoms. The maximum atomic E-state index is 12.3. The van der Waals surface area contributed by atoms with E-state index in [1.165, 1.54) is 0 Å². The van der Waals surface area contributed by atoms with Crippen LogP contribution in [-0.2, 0) is 29.5 Å². The van der Waals surface area contributed by atoms with Crippen LogP contribution in [0.15, 0.2) is 10.2 Å². The highest BCUT2D eigenvalue weighted by atomic mass is 32.3. The minimum absolute atomic E-state index is 0.0633. The summed E-state index contributed by atoms with van der Waals surface area (Å²) in [5, 5.41) is 11.9. The van der Waals surface area contributed by atoms with Gasteiger partial charge in [0.1, 0.15) is 0 Å². The largest absolute Gasteiger partial charge is 0.397 e. The average molecular weight is 590 g/mol. The molecule has 11 nitrogen and oxygen atoms in total. The lowest BCUT2D eigenvalue weighted by atomic mass is 9.42. The molecule has 1 amide bonds. The number of fused-ring (bicyclic) bond motifs is 6. The smallest absolute Gasteiger partial charge is 0.355 e. The fourth-order valence-corrected chi connectivity index (χ4v) is 10.6. The summed E-state index contributed by atoms with van der Waals surface area (Å²) in [6, 6.07) is 0. The van der Waals surface area contributed by atoms with Gasteiger partial charge in [-0.25, -0.2) is 4.18 Å². The minimum Gasteiger partial charge on any atom is -0.355 e. The van der Waals surface area contributed by atoms with Gasteiger partial charge in [0.05, 0.1) is 11.9 Å². The Morgan fingerprint density at radius 2 is 1.69 bits per heavy atom. The molecule has 9 atom stereocenters. The van der Waals surface area contributed by atoms with E-state index in [4.69, 9.17) is 8.74 Å². The maximum absolute atomic E-state index is 12.3. The van der Waals surface area contributed by atoms with Gasteiger partial charge in [0.15, 0.2) is 5.66 Å². The summed E-state index contributed by atoms with van der Waals surface area (Å²) in [4.78, 5) is 12.3. The van der Waals surface area contributed by atoms with E-state index in [0.717, 1.165) is 44.9 Å². The number of hydrogen-bond acceptors (Lipinski definition) is 8. The Morgan fingerprint density at radius 3 is 2.33 bits per heavy atom. The Balaban J connectivity index is 1.25. The fourth-order valence-electron chi connectivity index (χ4n) is 9.69. The number of nitrogens with zero attached hydrogens (tertiary/aromatic N) is 2. The molecule has 5 aliphatic rings. The van der Waals surface area contributed by atoms with Gasteiger partial charge in [0, 0.05) is 25.3 Å². The summed E-state index contributed by atoms with van der Waals surface area (Å²) in [5.74, 6) is 1.72. The summed E-state index contributed by atoms with van der Waals surface area (Å²) < 4.78 is 67.6. The zero-order chi connectivity index (χ0) is 28.4. The Hall–Kier alpha value is -1.15. The van der Waals surface area contributed by atoms with Gasteiger partial charge < -0.3 is 5.32 Å².